The van der Waals surface area contributed by atoms with E-state index in [1.807, 2.05) is 12.1 Å². The van der Waals surface area contributed by atoms with Gasteiger partial charge in [-0.2, -0.15) is 0 Å². The molecular weight excluding hydrogens is 256 g/mol. The second-order valence-corrected chi connectivity index (χ2v) is 4.60. The number of hydrogen-bond acceptors (Lipinski definition) is 2. The van der Waals surface area contributed by atoms with Crippen LogP contribution >= 0.6 is 15.9 Å². The molecule has 0 unspecified atom stereocenters. The first-order chi connectivity index (χ1) is 7.33. The van der Waals surface area contributed by atoms with Crippen molar-refractivity contribution in [3.8, 4) is 5.75 Å². The molecule has 0 aliphatic carbocycles. The summed E-state index contributed by atoms with van der Waals surface area (Å²) in [6.07, 6.45) is 2.16. The van der Waals surface area contributed by atoms with Crippen LogP contribution in [0, 0.1) is 0 Å². The van der Waals surface area contributed by atoms with Gasteiger partial charge in [0.15, 0.2) is 0 Å². The summed E-state index contributed by atoms with van der Waals surface area (Å²) in [5.74, 6) is 1.54. The number of benzene rings is 1. The minimum absolute atomic E-state index is 0.560. The Morgan fingerprint density at radius 1 is 1.33 bits per heavy atom. The number of rotatable bonds is 2. The van der Waals surface area contributed by atoms with Crippen LogP contribution in [0.5, 0.6) is 5.75 Å². The molecule has 1 aliphatic rings. The summed E-state index contributed by atoms with van der Waals surface area (Å²) < 4.78 is 11.9. The Hall–Kier alpha value is -0.540. The van der Waals surface area contributed by atoms with Crippen LogP contribution in [-0.4, -0.2) is 20.3 Å². The molecule has 0 bridgehead atoms. The Morgan fingerprint density at radius 2 is 2.07 bits per heavy atom. The highest BCUT2D eigenvalue weighted by atomic mass is 79.9. The maximum absolute atomic E-state index is 5.41. The molecule has 0 atom stereocenters. The zero-order chi connectivity index (χ0) is 10.7. The molecule has 0 aromatic heterocycles. The first kappa shape index (κ1) is 11.0. The van der Waals surface area contributed by atoms with Gasteiger partial charge in [-0.15, -0.1) is 0 Å². The Morgan fingerprint density at radius 3 is 2.73 bits per heavy atom. The number of ether oxygens (including phenoxy) is 2. The Balaban J connectivity index is 2.31. The van der Waals surface area contributed by atoms with Crippen molar-refractivity contribution >= 4 is 15.9 Å². The lowest BCUT2D eigenvalue weighted by atomic mass is 9.91. The van der Waals surface area contributed by atoms with Crippen molar-refractivity contribution in [1.82, 2.24) is 0 Å². The van der Waals surface area contributed by atoms with Crippen LogP contribution in [0.3, 0.4) is 0 Å². The van der Waals surface area contributed by atoms with Gasteiger partial charge < -0.3 is 9.47 Å². The molecule has 1 fully saturated rings. The van der Waals surface area contributed by atoms with Crippen molar-refractivity contribution in [2.45, 2.75) is 18.8 Å². The topological polar surface area (TPSA) is 18.5 Å². The van der Waals surface area contributed by atoms with Crippen LogP contribution in [0.4, 0.5) is 0 Å². The molecule has 1 saturated heterocycles. The fraction of sp³-hybridized carbons (Fsp3) is 0.500. The van der Waals surface area contributed by atoms with Gasteiger partial charge in [0, 0.05) is 23.2 Å². The molecule has 1 aromatic rings. The van der Waals surface area contributed by atoms with Gasteiger partial charge in [-0.05, 0) is 30.9 Å². The van der Waals surface area contributed by atoms with E-state index in [2.05, 4.69) is 22.0 Å². The Kier molecular flexibility index (Phi) is 3.65. The van der Waals surface area contributed by atoms with Crippen LogP contribution in [0.25, 0.3) is 0 Å². The average molecular weight is 271 g/mol. The summed E-state index contributed by atoms with van der Waals surface area (Å²) in [6, 6.07) is 6.11. The fourth-order valence-electron chi connectivity index (χ4n) is 2.08. The van der Waals surface area contributed by atoms with E-state index >= 15 is 0 Å². The summed E-state index contributed by atoms with van der Waals surface area (Å²) in [4.78, 5) is 0. The van der Waals surface area contributed by atoms with E-state index < -0.39 is 0 Å². The van der Waals surface area contributed by atoms with Crippen molar-refractivity contribution in [2.24, 2.45) is 0 Å². The minimum atomic E-state index is 0.560. The number of hydrogen-bond donors (Lipinski definition) is 0. The SMILES string of the molecule is COc1cccc(Br)c1C1CCOCC1. The highest BCUT2D eigenvalue weighted by Gasteiger charge is 2.21. The van der Waals surface area contributed by atoms with Crippen LogP contribution in [0.2, 0.25) is 0 Å². The van der Waals surface area contributed by atoms with Crippen LogP contribution in [0.1, 0.15) is 24.3 Å². The predicted molar refractivity (Wildman–Crippen MR) is 63.5 cm³/mol. The van der Waals surface area contributed by atoms with Crippen molar-refractivity contribution in [3.63, 3.8) is 0 Å². The number of methoxy groups -OCH3 is 1. The molecular formula is C12H15BrO2. The molecule has 15 heavy (non-hydrogen) atoms. The minimum Gasteiger partial charge on any atom is -0.496 e. The lowest BCUT2D eigenvalue weighted by Crippen LogP contribution is -2.15. The van der Waals surface area contributed by atoms with E-state index in [1.165, 1.54) is 5.56 Å². The summed E-state index contributed by atoms with van der Waals surface area (Å²) in [6.45, 7) is 1.71. The summed E-state index contributed by atoms with van der Waals surface area (Å²) in [5.41, 5.74) is 1.29. The summed E-state index contributed by atoms with van der Waals surface area (Å²) in [5, 5.41) is 0. The van der Waals surface area contributed by atoms with Gasteiger partial charge in [0.1, 0.15) is 5.75 Å². The van der Waals surface area contributed by atoms with Gasteiger partial charge >= 0.3 is 0 Å². The monoisotopic (exact) mass is 270 g/mol. The van der Waals surface area contributed by atoms with Crippen LogP contribution in [0.15, 0.2) is 22.7 Å². The maximum Gasteiger partial charge on any atom is 0.123 e. The first-order valence-corrected chi connectivity index (χ1v) is 6.02. The van der Waals surface area contributed by atoms with E-state index in [9.17, 15) is 0 Å². The summed E-state index contributed by atoms with van der Waals surface area (Å²) >= 11 is 3.60. The van der Waals surface area contributed by atoms with Gasteiger partial charge in [-0.1, -0.05) is 22.0 Å². The Labute approximate surface area is 98.7 Å². The molecule has 82 valence electrons. The number of halogens is 1. The fourth-order valence-corrected chi connectivity index (χ4v) is 2.75. The van der Waals surface area contributed by atoms with Gasteiger partial charge in [0.05, 0.1) is 7.11 Å². The third kappa shape index (κ3) is 2.34. The van der Waals surface area contributed by atoms with E-state index in [1.54, 1.807) is 7.11 Å². The molecule has 3 heteroatoms. The molecule has 1 aromatic carbocycles. The highest BCUT2D eigenvalue weighted by molar-refractivity contribution is 9.10. The van der Waals surface area contributed by atoms with Gasteiger partial charge in [0.2, 0.25) is 0 Å². The Bertz CT molecular complexity index is 332. The lowest BCUT2D eigenvalue weighted by molar-refractivity contribution is 0.0846. The second kappa shape index (κ2) is 4.99. The van der Waals surface area contributed by atoms with Gasteiger partial charge in [0.25, 0.3) is 0 Å². The average Bonchev–Trinajstić information content (AvgIpc) is 2.29. The van der Waals surface area contributed by atoms with Crippen LogP contribution in [-0.2, 0) is 4.74 Å². The lowest BCUT2D eigenvalue weighted by Gasteiger charge is -2.25. The molecule has 1 heterocycles. The van der Waals surface area contributed by atoms with Crippen molar-refractivity contribution in [2.75, 3.05) is 20.3 Å². The largest absolute Gasteiger partial charge is 0.496 e. The standard InChI is InChI=1S/C12H15BrO2/c1-14-11-4-2-3-10(13)12(11)9-5-7-15-8-6-9/h2-4,9H,5-8H2,1H3. The van der Waals surface area contributed by atoms with Gasteiger partial charge in [-0.3, -0.25) is 0 Å². The van der Waals surface area contributed by atoms with E-state index in [-0.39, 0.29) is 0 Å². The normalized spacial score (nSPS) is 17.7. The highest BCUT2D eigenvalue weighted by Crippen LogP contribution is 2.38. The summed E-state index contributed by atoms with van der Waals surface area (Å²) in [7, 11) is 1.73. The van der Waals surface area contributed by atoms with Gasteiger partial charge in [-0.25, -0.2) is 0 Å². The third-order valence-corrected chi connectivity index (χ3v) is 3.55. The molecule has 0 saturated carbocycles. The van der Waals surface area contributed by atoms with Crippen molar-refractivity contribution in [3.05, 3.63) is 28.2 Å². The van der Waals surface area contributed by atoms with E-state index in [0.717, 1.165) is 36.3 Å². The predicted octanol–water partition coefficient (Wildman–Crippen LogP) is 3.35. The maximum atomic E-state index is 5.41. The van der Waals surface area contributed by atoms with Crippen molar-refractivity contribution in [1.29, 1.82) is 0 Å². The zero-order valence-corrected chi connectivity index (χ0v) is 10.4. The molecule has 1 aliphatic heterocycles. The molecule has 0 N–H and O–H groups in total. The first-order valence-electron chi connectivity index (χ1n) is 5.23. The molecule has 0 spiro atoms. The van der Waals surface area contributed by atoms with Crippen molar-refractivity contribution < 1.29 is 9.47 Å². The van der Waals surface area contributed by atoms with Crippen LogP contribution < -0.4 is 4.74 Å². The van der Waals surface area contributed by atoms with E-state index in [0.29, 0.717) is 5.92 Å². The molecule has 0 amide bonds. The smallest absolute Gasteiger partial charge is 0.123 e. The molecule has 0 radical (unpaired) electrons. The van der Waals surface area contributed by atoms with E-state index in [4.69, 9.17) is 9.47 Å². The quantitative estimate of drug-likeness (QED) is 0.821. The third-order valence-electron chi connectivity index (χ3n) is 2.86. The molecule has 2 rings (SSSR count). The zero-order valence-electron chi connectivity index (χ0n) is 8.83. The molecule has 2 nitrogen and oxygen atoms in total. The second-order valence-electron chi connectivity index (χ2n) is 3.74.